The summed E-state index contributed by atoms with van der Waals surface area (Å²) in [7, 11) is 1.38. The van der Waals surface area contributed by atoms with Crippen molar-refractivity contribution >= 4 is 46.5 Å². The molecule has 0 fully saturated rings. The maximum Gasteiger partial charge on any atom is 0.342 e. The molecule has 1 amide bonds. The summed E-state index contributed by atoms with van der Waals surface area (Å²) in [6, 6.07) is 8.14. The molecule has 2 aromatic carbocycles. The van der Waals surface area contributed by atoms with Crippen LogP contribution in [0.5, 0.6) is 5.75 Å². The molecule has 26 heavy (non-hydrogen) atoms. The molecule has 2 aromatic rings. The molecule has 0 unspecified atom stereocenters. The SMILES string of the molecule is COc1ccc(Cl)cc1C(=O)OCC(=O)Nc1ccc(Cl)c([N+](=O)[O-])c1. The lowest BCUT2D eigenvalue weighted by Gasteiger charge is -2.09. The van der Waals surface area contributed by atoms with Gasteiger partial charge in [0, 0.05) is 16.8 Å². The molecular formula is C16H12Cl2N2O6. The molecule has 0 radical (unpaired) electrons. The van der Waals surface area contributed by atoms with Gasteiger partial charge in [0.05, 0.1) is 12.0 Å². The molecule has 0 saturated carbocycles. The first-order valence-corrected chi connectivity index (χ1v) is 7.82. The molecule has 136 valence electrons. The topological polar surface area (TPSA) is 108 Å². The Morgan fingerprint density at radius 1 is 1.19 bits per heavy atom. The average molecular weight is 399 g/mol. The van der Waals surface area contributed by atoms with Crippen molar-refractivity contribution < 1.29 is 24.0 Å². The van der Waals surface area contributed by atoms with Gasteiger partial charge >= 0.3 is 5.97 Å². The molecule has 0 aliphatic carbocycles. The van der Waals surface area contributed by atoms with Gasteiger partial charge in [-0.3, -0.25) is 14.9 Å². The smallest absolute Gasteiger partial charge is 0.342 e. The van der Waals surface area contributed by atoms with Gasteiger partial charge in [0.15, 0.2) is 6.61 Å². The molecule has 2 rings (SSSR count). The molecule has 0 aliphatic rings. The van der Waals surface area contributed by atoms with Crippen molar-refractivity contribution in [3.05, 3.63) is 62.1 Å². The Bertz CT molecular complexity index is 872. The number of carbonyl (C=O) groups excluding carboxylic acids is 2. The zero-order valence-corrected chi connectivity index (χ0v) is 14.8. The predicted molar refractivity (Wildman–Crippen MR) is 95.0 cm³/mol. The zero-order valence-electron chi connectivity index (χ0n) is 13.3. The molecule has 0 saturated heterocycles. The lowest BCUT2D eigenvalue weighted by atomic mass is 10.2. The molecule has 10 heteroatoms. The number of hydrogen-bond acceptors (Lipinski definition) is 6. The average Bonchev–Trinajstić information content (AvgIpc) is 2.61. The van der Waals surface area contributed by atoms with Crippen LogP contribution in [-0.2, 0) is 9.53 Å². The number of ether oxygens (including phenoxy) is 2. The van der Waals surface area contributed by atoms with Crippen LogP contribution in [0, 0.1) is 10.1 Å². The zero-order chi connectivity index (χ0) is 19.3. The Kier molecular flexibility index (Phi) is 6.37. The van der Waals surface area contributed by atoms with Crippen LogP contribution in [0.3, 0.4) is 0 Å². The van der Waals surface area contributed by atoms with Gasteiger partial charge in [-0.2, -0.15) is 0 Å². The van der Waals surface area contributed by atoms with E-state index in [1.165, 1.54) is 37.4 Å². The van der Waals surface area contributed by atoms with Crippen LogP contribution in [0.1, 0.15) is 10.4 Å². The Morgan fingerprint density at radius 2 is 1.92 bits per heavy atom. The number of rotatable bonds is 6. The van der Waals surface area contributed by atoms with E-state index in [0.29, 0.717) is 5.02 Å². The quantitative estimate of drug-likeness (QED) is 0.451. The lowest BCUT2D eigenvalue weighted by Crippen LogP contribution is -2.21. The van der Waals surface area contributed by atoms with Crippen LogP contribution in [0.2, 0.25) is 10.0 Å². The van der Waals surface area contributed by atoms with Crippen molar-refractivity contribution in [2.75, 3.05) is 19.0 Å². The van der Waals surface area contributed by atoms with Crippen LogP contribution in [0.4, 0.5) is 11.4 Å². The Balaban J connectivity index is 2.01. The van der Waals surface area contributed by atoms with Crippen LogP contribution >= 0.6 is 23.2 Å². The number of nitro benzene ring substituents is 1. The number of anilines is 1. The fraction of sp³-hybridized carbons (Fsp3) is 0.125. The maximum absolute atomic E-state index is 12.1. The third-order valence-corrected chi connectivity index (χ3v) is 3.70. The number of amides is 1. The van der Waals surface area contributed by atoms with Crippen molar-refractivity contribution in [3.8, 4) is 5.75 Å². The Morgan fingerprint density at radius 3 is 2.58 bits per heavy atom. The second-order valence-corrected chi connectivity index (χ2v) is 5.74. The van der Waals surface area contributed by atoms with Crippen molar-refractivity contribution in [3.63, 3.8) is 0 Å². The number of nitrogens with zero attached hydrogens (tertiary/aromatic N) is 1. The second-order valence-electron chi connectivity index (χ2n) is 4.89. The summed E-state index contributed by atoms with van der Waals surface area (Å²) in [6.07, 6.45) is 0. The maximum atomic E-state index is 12.1. The van der Waals surface area contributed by atoms with Crippen molar-refractivity contribution in [2.45, 2.75) is 0 Å². The normalized spacial score (nSPS) is 10.1. The highest BCUT2D eigenvalue weighted by Crippen LogP contribution is 2.27. The fourth-order valence-electron chi connectivity index (χ4n) is 1.98. The van der Waals surface area contributed by atoms with Gasteiger partial charge in [-0.15, -0.1) is 0 Å². The van der Waals surface area contributed by atoms with Gasteiger partial charge < -0.3 is 14.8 Å². The van der Waals surface area contributed by atoms with E-state index in [4.69, 9.17) is 32.7 Å². The molecule has 1 N–H and O–H groups in total. The third kappa shape index (κ3) is 4.84. The van der Waals surface area contributed by atoms with Crippen molar-refractivity contribution in [1.29, 1.82) is 0 Å². The van der Waals surface area contributed by atoms with Gasteiger partial charge in [0.1, 0.15) is 16.3 Å². The van der Waals surface area contributed by atoms with Gasteiger partial charge in [0.25, 0.3) is 11.6 Å². The standard InChI is InChI=1S/C16H12Cl2N2O6/c1-25-14-5-2-9(17)6-11(14)16(22)26-8-15(21)19-10-3-4-12(18)13(7-10)20(23)24/h2-7H,8H2,1H3,(H,19,21). The number of hydrogen-bond donors (Lipinski definition) is 1. The van der Waals surface area contributed by atoms with Crippen molar-refractivity contribution in [2.24, 2.45) is 0 Å². The van der Waals surface area contributed by atoms with Gasteiger partial charge in [-0.05, 0) is 30.3 Å². The molecule has 0 heterocycles. The molecule has 0 aromatic heterocycles. The number of nitrogens with one attached hydrogen (secondary N) is 1. The first-order chi connectivity index (χ1) is 12.3. The minimum atomic E-state index is -0.804. The Labute approximate surface area is 157 Å². The van der Waals surface area contributed by atoms with Crippen LogP contribution in [0.25, 0.3) is 0 Å². The summed E-state index contributed by atoms with van der Waals surface area (Å²) in [4.78, 5) is 34.1. The van der Waals surface area contributed by atoms with E-state index >= 15 is 0 Å². The van der Waals surface area contributed by atoms with E-state index in [1.54, 1.807) is 0 Å². The van der Waals surface area contributed by atoms with Crippen molar-refractivity contribution in [1.82, 2.24) is 0 Å². The summed E-state index contributed by atoms with van der Waals surface area (Å²) in [5.41, 5.74) is -0.150. The highest BCUT2D eigenvalue weighted by atomic mass is 35.5. The summed E-state index contributed by atoms with van der Waals surface area (Å²) in [5.74, 6) is -1.24. The fourth-order valence-corrected chi connectivity index (χ4v) is 2.33. The summed E-state index contributed by atoms with van der Waals surface area (Å²) >= 11 is 11.5. The molecule has 0 spiro atoms. The van der Waals surface area contributed by atoms with E-state index < -0.39 is 23.4 Å². The minimum absolute atomic E-state index is 0.0625. The predicted octanol–water partition coefficient (Wildman–Crippen LogP) is 3.71. The van der Waals surface area contributed by atoms with Crippen LogP contribution in [-0.4, -0.2) is 30.5 Å². The van der Waals surface area contributed by atoms with E-state index in [9.17, 15) is 19.7 Å². The van der Waals surface area contributed by atoms with E-state index in [0.717, 1.165) is 6.07 Å². The van der Waals surface area contributed by atoms with Crippen LogP contribution in [0.15, 0.2) is 36.4 Å². The first-order valence-electron chi connectivity index (χ1n) is 7.06. The number of methoxy groups -OCH3 is 1. The molecular weight excluding hydrogens is 387 g/mol. The van der Waals surface area contributed by atoms with E-state index in [-0.39, 0.29) is 27.7 Å². The van der Waals surface area contributed by atoms with Crippen LogP contribution < -0.4 is 10.1 Å². The van der Waals surface area contributed by atoms with E-state index in [1.807, 2.05) is 0 Å². The summed E-state index contributed by atoms with van der Waals surface area (Å²) in [5, 5.41) is 13.4. The lowest BCUT2D eigenvalue weighted by molar-refractivity contribution is -0.384. The summed E-state index contributed by atoms with van der Waals surface area (Å²) in [6.45, 7) is -0.606. The minimum Gasteiger partial charge on any atom is -0.496 e. The largest absolute Gasteiger partial charge is 0.496 e. The van der Waals surface area contributed by atoms with Gasteiger partial charge in [-0.1, -0.05) is 23.2 Å². The number of benzene rings is 2. The first kappa shape index (κ1) is 19.5. The second kappa shape index (κ2) is 8.50. The molecule has 0 bridgehead atoms. The molecule has 8 nitrogen and oxygen atoms in total. The number of esters is 1. The monoisotopic (exact) mass is 398 g/mol. The Hall–Kier alpha value is -2.84. The number of halogens is 2. The highest BCUT2D eigenvalue weighted by Gasteiger charge is 2.17. The highest BCUT2D eigenvalue weighted by molar-refractivity contribution is 6.32. The number of carbonyl (C=O) groups is 2. The molecule has 0 atom stereocenters. The molecule has 0 aliphatic heterocycles. The van der Waals surface area contributed by atoms with E-state index in [2.05, 4.69) is 5.32 Å². The van der Waals surface area contributed by atoms with Gasteiger partial charge in [0.2, 0.25) is 0 Å². The van der Waals surface area contributed by atoms with Gasteiger partial charge in [-0.25, -0.2) is 4.79 Å². The summed E-state index contributed by atoms with van der Waals surface area (Å²) < 4.78 is 9.95. The number of nitro groups is 1. The third-order valence-electron chi connectivity index (χ3n) is 3.14.